The maximum absolute atomic E-state index is 11.8. The molecule has 1 fully saturated rings. The summed E-state index contributed by atoms with van der Waals surface area (Å²) in [5.41, 5.74) is 1.08. The van der Waals surface area contributed by atoms with E-state index in [-0.39, 0.29) is 12.1 Å². The van der Waals surface area contributed by atoms with E-state index in [4.69, 9.17) is 9.47 Å². The van der Waals surface area contributed by atoms with E-state index in [1.165, 1.54) is 19.3 Å². The number of carbonyl (C=O) groups excluding carboxylic acids is 1. The molecule has 1 heterocycles. The standard InChI is InChI=1S/C16H24N2O3/c1-4-21-16(19)13-10-17-15(18-11(13)2)14(20-3)12-8-6-5-7-9-12/h10,12,14H,4-9H2,1-3H3. The molecule has 1 aromatic rings. The summed E-state index contributed by atoms with van der Waals surface area (Å²) >= 11 is 0. The summed E-state index contributed by atoms with van der Waals surface area (Å²) in [4.78, 5) is 20.6. The molecule has 0 amide bonds. The molecule has 0 aliphatic heterocycles. The Labute approximate surface area is 126 Å². The molecule has 1 atom stereocenters. The summed E-state index contributed by atoms with van der Waals surface area (Å²) in [5.74, 6) is 0.778. The molecular weight excluding hydrogens is 268 g/mol. The third-order valence-corrected chi connectivity index (χ3v) is 4.08. The predicted octanol–water partition coefficient (Wildman–Crippen LogP) is 3.23. The molecule has 21 heavy (non-hydrogen) atoms. The summed E-state index contributed by atoms with van der Waals surface area (Å²) in [6.07, 6.45) is 7.56. The smallest absolute Gasteiger partial charge is 0.341 e. The Hall–Kier alpha value is -1.49. The topological polar surface area (TPSA) is 61.3 Å². The maximum Gasteiger partial charge on any atom is 0.341 e. The SMILES string of the molecule is CCOC(=O)c1cnc(C(OC)C2CCCCC2)nc1C. The van der Waals surface area contributed by atoms with Gasteiger partial charge in [0.25, 0.3) is 0 Å². The lowest BCUT2D eigenvalue weighted by molar-refractivity contribution is 0.0286. The van der Waals surface area contributed by atoms with Crippen molar-refractivity contribution in [2.75, 3.05) is 13.7 Å². The van der Waals surface area contributed by atoms with Crippen molar-refractivity contribution in [1.82, 2.24) is 9.97 Å². The molecule has 0 aromatic carbocycles. The Bertz CT molecular complexity index is 484. The first-order valence-electron chi connectivity index (χ1n) is 7.70. The summed E-state index contributed by atoms with van der Waals surface area (Å²) in [5, 5.41) is 0. The van der Waals surface area contributed by atoms with E-state index in [1.807, 2.05) is 6.92 Å². The Morgan fingerprint density at radius 1 is 1.38 bits per heavy atom. The number of methoxy groups -OCH3 is 1. The summed E-state index contributed by atoms with van der Waals surface area (Å²) in [6, 6.07) is 0. The largest absolute Gasteiger partial charge is 0.462 e. The molecule has 0 spiro atoms. The van der Waals surface area contributed by atoms with Gasteiger partial charge in [0.15, 0.2) is 5.82 Å². The van der Waals surface area contributed by atoms with Crippen molar-refractivity contribution in [1.29, 1.82) is 0 Å². The van der Waals surface area contributed by atoms with Crippen molar-refractivity contribution in [2.45, 2.75) is 52.1 Å². The number of hydrogen-bond donors (Lipinski definition) is 0. The minimum Gasteiger partial charge on any atom is -0.462 e. The molecular formula is C16H24N2O3. The molecule has 5 nitrogen and oxygen atoms in total. The Balaban J connectivity index is 2.18. The van der Waals surface area contributed by atoms with Gasteiger partial charge in [0, 0.05) is 13.3 Å². The van der Waals surface area contributed by atoms with Gasteiger partial charge in [0.05, 0.1) is 17.9 Å². The van der Waals surface area contributed by atoms with Gasteiger partial charge in [-0.15, -0.1) is 0 Å². The van der Waals surface area contributed by atoms with Gasteiger partial charge >= 0.3 is 5.97 Å². The predicted molar refractivity (Wildman–Crippen MR) is 79.1 cm³/mol. The normalized spacial score (nSPS) is 17.5. The number of rotatable bonds is 5. The van der Waals surface area contributed by atoms with E-state index < -0.39 is 0 Å². The van der Waals surface area contributed by atoms with Crippen LogP contribution in [0.3, 0.4) is 0 Å². The average Bonchev–Trinajstić information content (AvgIpc) is 2.49. The quantitative estimate of drug-likeness (QED) is 0.780. The third-order valence-electron chi connectivity index (χ3n) is 4.08. The van der Waals surface area contributed by atoms with Crippen molar-refractivity contribution in [3.05, 3.63) is 23.3 Å². The van der Waals surface area contributed by atoms with Crippen LogP contribution < -0.4 is 0 Å². The van der Waals surface area contributed by atoms with Crippen LogP contribution in [0.2, 0.25) is 0 Å². The van der Waals surface area contributed by atoms with Gasteiger partial charge in [-0.3, -0.25) is 0 Å². The van der Waals surface area contributed by atoms with Gasteiger partial charge in [-0.05, 0) is 32.6 Å². The Kier molecular flexibility index (Phi) is 5.67. The lowest BCUT2D eigenvalue weighted by Crippen LogP contribution is -2.21. The van der Waals surface area contributed by atoms with E-state index in [0.29, 0.717) is 29.6 Å². The fraction of sp³-hybridized carbons (Fsp3) is 0.688. The van der Waals surface area contributed by atoms with Crippen LogP contribution >= 0.6 is 0 Å². The Morgan fingerprint density at radius 3 is 2.67 bits per heavy atom. The van der Waals surface area contributed by atoms with Crippen LogP contribution in [0, 0.1) is 12.8 Å². The van der Waals surface area contributed by atoms with E-state index in [2.05, 4.69) is 9.97 Å². The van der Waals surface area contributed by atoms with Crippen molar-refractivity contribution in [3.8, 4) is 0 Å². The number of ether oxygens (including phenoxy) is 2. The van der Waals surface area contributed by atoms with Crippen molar-refractivity contribution in [2.24, 2.45) is 5.92 Å². The molecule has 1 aliphatic carbocycles. The van der Waals surface area contributed by atoms with Crippen LogP contribution in [0.25, 0.3) is 0 Å². The molecule has 1 saturated carbocycles. The highest BCUT2D eigenvalue weighted by Gasteiger charge is 2.27. The van der Waals surface area contributed by atoms with Crippen molar-refractivity contribution < 1.29 is 14.3 Å². The second kappa shape index (κ2) is 7.50. The molecule has 1 aromatic heterocycles. The maximum atomic E-state index is 11.8. The van der Waals surface area contributed by atoms with Crippen LogP contribution in [-0.4, -0.2) is 29.7 Å². The lowest BCUT2D eigenvalue weighted by atomic mass is 9.85. The van der Waals surface area contributed by atoms with Gasteiger partial charge in [-0.1, -0.05) is 19.3 Å². The number of carbonyl (C=O) groups is 1. The molecule has 2 rings (SSSR count). The molecule has 5 heteroatoms. The van der Waals surface area contributed by atoms with Gasteiger partial charge < -0.3 is 9.47 Å². The van der Waals surface area contributed by atoms with Crippen LogP contribution in [0.5, 0.6) is 0 Å². The van der Waals surface area contributed by atoms with Gasteiger partial charge in [0.1, 0.15) is 6.10 Å². The number of hydrogen-bond acceptors (Lipinski definition) is 5. The fourth-order valence-corrected chi connectivity index (χ4v) is 2.98. The summed E-state index contributed by atoms with van der Waals surface area (Å²) < 4.78 is 10.6. The van der Waals surface area contributed by atoms with E-state index in [0.717, 1.165) is 12.8 Å². The summed E-state index contributed by atoms with van der Waals surface area (Å²) in [6.45, 7) is 3.94. The third kappa shape index (κ3) is 3.79. The zero-order valence-electron chi connectivity index (χ0n) is 13.1. The van der Waals surface area contributed by atoms with Gasteiger partial charge in [-0.25, -0.2) is 14.8 Å². The van der Waals surface area contributed by atoms with Gasteiger partial charge in [-0.2, -0.15) is 0 Å². The monoisotopic (exact) mass is 292 g/mol. The number of aromatic nitrogens is 2. The highest BCUT2D eigenvalue weighted by atomic mass is 16.5. The second-order valence-electron chi connectivity index (χ2n) is 5.50. The van der Waals surface area contributed by atoms with Crippen LogP contribution in [0.1, 0.15) is 67.0 Å². The summed E-state index contributed by atoms with van der Waals surface area (Å²) in [7, 11) is 1.71. The second-order valence-corrected chi connectivity index (χ2v) is 5.50. The lowest BCUT2D eigenvalue weighted by Gasteiger charge is -2.28. The first kappa shape index (κ1) is 15.9. The van der Waals surface area contributed by atoms with E-state index in [9.17, 15) is 4.79 Å². The Morgan fingerprint density at radius 2 is 2.10 bits per heavy atom. The van der Waals surface area contributed by atoms with Crippen molar-refractivity contribution in [3.63, 3.8) is 0 Å². The van der Waals surface area contributed by atoms with Crippen LogP contribution in [-0.2, 0) is 9.47 Å². The first-order chi connectivity index (χ1) is 10.2. The fourth-order valence-electron chi connectivity index (χ4n) is 2.98. The molecule has 116 valence electrons. The molecule has 1 unspecified atom stereocenters. The molecule has 0 bridgehead atoms. The number of aryl methyl sites for hydroxylation is 1. The molecule has 1 aliphatic rings. The number of nitrogens with zero attached hydrogens (tertiary/aromatic N) is 2. The number of esters is 1. The van der Waals surface area contributed by atoms with Crippen LogP contribution in [0.15, 0.2) is 6.20 Å². The molecule has 0 saturated heterocycles. The first-order valence-corrected chi connectivity index (χ1v) is 7.70. The minimum atomic E-state index is -0.367. The zero-order valence-corrected chi connectivity index (χ0v) is 13.1. The highest BCUT2D eigenvalue weighted by Crippen LogP contribution is 2.35. The average molecular weight is 292 g/mol. The molecule has 0 N–H and O–H groups in total. The highest BCUT2D eigenvalue weighted by molar-refractivity contribution is 5.90. The van der Waals surface area contributed by atoms with Crippen LogP contribution in [0.4, 0.5) is 0 Å². The zero-order chi connectivity index (χ0) is 15.2. The van der Waals surface area contributed by atoms with E-state index in [1.54, 1.807) is 20.2 Å². The molecule has 0 radical (unpaired) electrons. The van der Waals surface area contributed by atoms with E-state index >= 15 is 0 Å². The minimum absolute atomic E-state index is 0.0831. The van der Waals surface area contributed by atoms with Crippen molar-refractivity contribution >= 4 is 5.97 Å². The van der Waals surface area contributed by atoms with Gasteiger partial charge in [0.2, 0.25) is 0 Å².